The Morgan fingerprint density at radius 2 is 2.00 bits per heavy atom. The van der Waals surface area contributed by atoms with Crippen molar-refractivity contribution in [3.63, 3.8) is 0 Å². The highest BCUT2D eigenvalue weighted by atomic mass is 28.4. The van der Waals surface area contributed by atoms with Crippen molar-refractivity contribution in [1.29, 1.82) is 0 Å². The Morgan fingerprint density at radius 1 is 1.36 bits per heavy atom. The molecule has 1 N–H and O–H groups in total. The summed E-state index contributed by atoms with van der Waals surface area (Å²) in [6.07, 6.45) is 1.25. The van der Waals surface area contributed by atoms with Crippen molar-refractivity contribution in [3.05, 3.63) is 0 Å². The lowest BCUT2D eigenvalue weighted by atomic mass is 10.5. The van der Waals surface area contributed by atoms with E-state index in [-0.39, 0.29) is 0 Å². The first kappa shape index (κ1) is 11.1. The van der Waals surface area contributed by atoms with Crippen LogP contribution in [0.25, 0.3) is 0 Å². The van der Waals surface area contributed by atoms with Gasteiger partial charge in [-0.2, -0.15) is 0 Å². The maximum Gasteiger partial charge on any atom is 0.186 e. The molecule has 68 valence electrons. The third kappa shape index (κ3) is 6.53. The van der Waals surface area contributed by atoms with Crippen molar-refractivity contribution in [2.75, 3.05) is 20.2 Å². The second-order valence-electron chi connectivity index (χ2n) is 3.42. The van der Waals surface area contributed by atoms with Gasteiger partial charge in [0.25, 0.3) is 0 Å². The molecule has 0 bridgehead atoms. The van der Waals surface area contributed by atoms with Gasteiger partial charge in [0.1, 0.15) is 0 Å². The molecule has 2 nitrogen and oxygen atoms in total. The SMILES string of the molecule is CCNCCC[Si](C)(C)OC. The highest BCUT2D eigenvalue weighted by Gasteiger charge is 2.18. The molecule has 0 saturated heterocycles. The minimum atomic E-state index is -1.27. The zero-order valence-electron chi connectivity index (χ0n) is 8.24. The van der Waals surface area contributed by atoms with Crippen LogP contribution in [0.3, 0.4) is 0 Å². The monoisotopic (exact) mass is 175 g/mol. The highest BCUT2D eigenvalue weighted by Crippen LogP contribution is 2.11. The maximum atomic E-state index is 5.43. The van der Waals surface area contributed by atoms with Crippen LogP contribution in [0, 0.1) is 0 Å². The van der Waals surface area contributed by atoms with Gasteiger partial charge < -0.3 is 9.74 Å². The van der Waals surface area contributed by atoms with Crippen LogP contribution in [0.1, 0.15) is 13.3 Å². The summed E-state index contributed by atoms with van der Waals surface area (Å²) in [6, 6.07) is 1.26. The molecule has 0 fully saturated rings. The molecule has 0 unspecified atom stereocenters. The van der Waals surface area contributed by atoms with E-state index in [9.17, 15) is 0 Å². The largest absolute Gasteiger partial charge is 0.420 e. The number of rotatable bonds is 6. The Morgan fingerprint density at radius 3 is 2.45 bits per heavy atom. The second kappa shape index (κ2) is 5.74. The third-order valence-electron chi connectivity index (χ3n) is 1.93. The Balaban J connectivity index is 3.23. The summed E-state index contributed by atoms with van der Waals surface area (Å²) >= 11 is 0. The standard InChI is InChI=1S/C8H21NOSi/c1-5-9-7-6-8-11(3,4)10-2/h9H,5-8H2,1-4H3. The smallest absolute Gasteiger partial charge is 0.186 e. The normalized spacial score (nSPS) is 12.0. The first-order valence-electron chi connectivity index (χ1n) is 4.38. The van der Waals surface area contributed by atoms with Gasteiger partial charge in [-0.1, -0.05) is 6.92 Å². The lowest BCUT2D eigenvalue weighted by molar-refractivity contribution is 0.401. The van der Waals surface area contributed by atoms with Crippen LogP contribution in [0.5, 0.6) is 0 Å². The van der Waals surface area contributed by atoms with Crippen LogP contribution < -0.4 is 5.32 Å². The van der Waals surface area contributed by atoms with E-state index in [4.69, 9.17) is 4.43 Å². The van der Waals surface area contributed by atoms with Crippen LogP contribution in [0.4, 0.5) is 0 Å². The van der Waals surface area contributed by atoms with Crippen molar-refractivity contribution in [2.24, 2.45) is 0 Å². The van der Waals surface area contributed by atoms with Gasteiger partial charge >= 0.3 is 0 Å². The summed E-state index contributed by atoms with van der Waals surface area (Å²) in [5.74, 6) is 0. The predicted molar refractivity (Wildman–Crippen MR) is 52.5 cm³/mol. The molecule has 0 amide bonds. The molecule has 0 aliphatic carbocycles. The Labute approximate surface area is 71.5 Å². The van der Waals surface area contributed by atoms with Crippen LogP contribution >= 0.6 is 0 Å². The van der Waals surface area contributed by atoms with Gasteiger partial charge in [-0.15, -0.1) is 0 Å². The molecule has 0 aromatic carbocycles. The molecule has 0 saturated carbocycles. The average molecular weight is 175 g/mol. The van der Waals surface area contributed by atoms with Crippen LogP contribution in [0.15, 0.2) is 0 Å². The Hall–Kier alpha value is 0.137. The fourth-order valence-corrected chi connectivity index (χ4v) is 2.15. The summed E-state index contributed by atoms with van der Waals surface area (Å²) < 4.78 is 5.43. The van der Waals surface area contributed by atoms with Gasteiger partial charge in [0.05, 0.1) is 0 Å². The lowest BCUT2D eigenvalue weighted by Gasteiger charge is -2.19. The summed E-state index contributed by atoms with van der Waals surface area (Å²) in [4.78, 5) is 0. The molecular formula is C8H21NOSi. The van der Waals surface area contributed by atoms with Crippen molar-refractivity contribution < 1.29 is 4.43 Å². The molecule has 0 aliphatic heterocycles. The maximum absolute atomic E-state index is 5.43. The molecule has 0 atom stereocenters. The molecular weight excluding hydrogens is 154 g/mol. The molecule has 0 rings (SSSR count). The van der Waals surface area contributed by atoms with Crippen LogP contribution in [-0.2, 0) is 4.43 Å². The number of hydrogen-bond acceptors (Lipinski definition) is 2. The fraction of sp³-hybridized carbons (Fsp3) is 1.00. The van der Waals surface area contributed by atoms with E-state index in [0.29, 0.717) is 0 Å². The molecule has 0 radical (unpaired) electrons. The molecule has 0 aliphatic rings. The van der Waals surface area contributed by atoms with Crippen molar-refractivity contribution in [3.8, 4) is 0 Å². The van der Waals surface area contributed by atoms with Crippen molar-refractivity contribution in [2.45, 2.75) is 32.5 Å². The molecule has 0 heterocycles. The van der Waals surface area contributed by atoms with Gasteiger partial charge in [0.2, 0.25) is 0 Å². The van der Waals surface area contributed by atoms with Gasteiger partial charge in [0, 0.05) is 7.11 Å². The first-order valence-corrected chi connectivity index (χ1v) is 7.50. The molecule has 0 aromatic heterocycles. The molecule has 0 aromatic rings. The average Bonchev–Trinajstić information content (AvgIpc) is 1.99. The minimum Gasteiger partial charge on any atom is -0.420 e. The van der Waals surface area contributed by atoms with E-state index in [1.54, 1.807) is 0 Å². The summed E-state index contributed by atoms with van der Waals surface area (Å²) in [6.45, 7) is 8.88. The zero-order chi connectivity index (χ0) is 8.74. The van der Waals surface area contributed by atoms with Gasteiger partial charge in [0.15, 0.2) is 8.32 Å². The molecule has 3 heteroatoms. The van der Waals surface area contributed by atoms with E-state index in [1.807, 2.05) is 7.11 Å². The quantitative estimate of drug-likeness (QED) is 0.491. The van der Waals surface area contributed by atoms with E-state index in [1.165, 1.54) is 12.5 Å². The zero-order valence-corrected chi connectivity index (χ0v) is 9.24. The molecule has 11 heavy (non-hydrogen) atoms. The summed E-state index contributed by atoms with van der Waals surface area (Å²) in [5.41, 5.74) is 0. The molecule has 0 spiro atoms. The van der Waals surface area contributed by atoms with Crippen LogP contribution in [0.2, 0.25) is 19.1 Å². The van der Waals surface area contributed by atoms with Gasteiger partial charge in [-0.3, -0.25) is 0 Å². The van der Waals surface area contributed by atoms with E-state index < -0.39 is 8.32 Å². The van der Waals surface area contributed by atoms with Crippen molar-refractivity contribution >= 4 is 8.32 Å². The van der Waals surface area contributed by atoms with E-state index in [0.717, 1.165) is 13.1 Å². The first-order chi connectivity index (χ1) is 5.12. The van der Waals surface area contributed by atoms with Crippen molar-refractivity contribution in [1.82, 2.24) is 5.32 Å². The fourth-order valence-electron chi connectivity index (χ4n) is 0.918. The lowest BCUT2D eigenvalue weighted by Crippen LogP contribution is -2.29. The third-order valence-corrected chi connectivity index (χ3v) is 4.60. The van der Waals surface area contributed by atoms with Gasteiger partial charge in [-0.05, 0) is 38.6 Å². The minimum absolute atomic E-state index is 1.08. The Kier molecular flexibility index (Phi) is 5.82. The summed E-state index contributed by atoms with van der Waals surface area (Å²) in [5, 5.41) is 3.31. The Bertz CT molecular complexity index is 96.1. The van der Waals surface area contributed by atoms with Gasteiger partial charge in [-0.25, -0.2) is 0 Å². The number of nitrogens with one attached hydrogen (secondary N) is 1. The predicted octanol–water partition coefficient (Wildman–Crippen LogP) is 1.84. The van der Waals surface area contributed by atoms with E-state index in [2.05, 4.69) is 25.3 Å². The van der Waals surface area contributed by atoms with E-state index >= 15 is 0 Å². The summed E-state index contributed by atoms with van der Waals surface area (Å²) in [7, 11) is 0.566. The second-order valence-corrected chi connectivity index (χ2v) is 7.85. The van der Waals surface area contributed by atoms with Crippen LogP contribution in [-0.4, -0.2) is 28.5 Å². The highest BCUT2D eigenvalue weighted by molar-refractivity contribution is 6.71. The topological polar surface area (TPSA) is 21.3 Å². The number of hydrogen-bond donors (Lipinski definition) is 1.